The van der Waals surface area contributed by atoms with Crippen LogP contribution in [0.25, 0.3) is 106 Å². The lowest BCUT2D eigenvalue weighted by Gasteiger charge is -2.13. The van der Waals surface area contributed by atoms with E-state index in [0.717, 1.165) is 65.9 Å². The summed E-state index contributed by atoms with van der Waals surface area (Å²) in [6.07, 6.45) is 0. The van der Waals surface area contributed by atoms with Gasteiger partial charge in [0.05, 0.1) is 33.1 Å². The Morgan fingerprint density at radius 1 is 0.298 bits per heavy atom. The van der Waals surface area contributed by atoms with Gasteiger partial charge in [-0.15, -0.1) is 0 Å². The van der Waals surface area contributed by atoms with Gasteiger partial charge in [0, 0.05) is 43.6 Å². The van der Waals surface area contributed by atoms with Crippen LogP contribution >= 0.6 is 0 Å². The third kappa shape index (κ3) is 4.74. The van der Waals surface area contributed by atoms with Crippen LogP contribution in [-0.2, 0) is 0 Å². The summed E-state index contributed by atoms with van der Waals surface area (Å²) in [7, 11) is 0. The fraction of sp³-hybridized carbons (Fsp3) is 0. The van der Waals surface area contributed by atoms with Crippen molar-refractivity contribution in [3.05, 3.63) is 194 Å². The molecule has 0 saturated carbocycles. The average Bonchev–Trinajstić information content (AvgIpc) is 3.93. The lowest BCUT2D eigenvalue weighted by Crippen LogP contribution is -2.10. The molecule has 0 radical (unpaired) electrons. The summed E-state index contributed by atoms with van der Waals surface area (Å²) in [6.45, 7) is 0. The molecule has 0 aliphatic heterocycles. The van der Waals surface area contributed by atoms with E-state index in [0.29, 0.717) is 17.7 Å². The van der Waals surface area contributed by atoms with Crippen molar-refractivity contribution in [3.63, 3.8) is 0 Å². The number of aromatic nitrogens is 6. The van der Waals surface area contributed by atoms with E-state index in [-0.39, 0.29) is 0 Å². The standard InChI is InChI=1S/C51H32N6/c1-3-16-33(17-4-1)35-20-15-21-36(32-35)55-42-26-11-9-24-39(42)40-30-31-46-47(48(40)55)41-25-10-14-29-45(41)57(46)51-53-49(34-18-5-2-6-19-34)52-50(54-51)56-43-27-12-7-22-37(43)38-23-8-13-28-44(38)56/h1-32H. The van der Waals surface area contributed by atoms with E-state index in [2.05, 4.69) is 190 Å². The molecule has 0 spiro atoms. The van der Waals surface area contributed by atoms with Crippen molar-refractivity contribution in [2.45, 2.75) is 0 Å². The van der Waals surface area contributed by atoms with Crippen molar-refractivity contribution in [2.75, 3.05) is 0 Å². The maximum Gasteiger partial charge on any atom is 0.240 e. The highest BCUT2D eigenvalue weighted by molar-refractivity contribution is 6.26. The van der Waals surface area contributed by atoms with Crippen LogP contribution in [0.15, 0.2) is 194 Å². The summed E-state index contributed by atoms with van der Waals surface area (Å²) in [5, 5.41) is 6.97. The van der Waals surface area contributed by atoms with Gasteiger partial charge in [0.15, 0.2) is 5.82 Å². The summed E-state index contributed by atoms with van der Waals surface area (Å²) in [6, 6.07) is 68.5. The summed E-state index contributed by atoms with van der Waals surface area (Å²) in [5.74, 6) is 1.73. The summed E-state index contributed by atoms with van der Waals surface area (Å²) in [5.41, 5.74) is 10.8. The zero-order chi connectivity index (χ0) is 37.5. The number of hydrogen-bond donors (Lipinski definition) is 0. The molecule has 6 heteroatoms. The second-order valence-corrected chi connectivity index (χ2v) is 14.5. The maximum atomic E-state index is 5.39. The van der Waals surface area contributed by atoms with Crippen LogP contribution in [0.1, 0.15) is 0 Å². The fourth-order valence-electron chi connectivity index (χ4n) is 8.86. The Hall–Kier alpha value is -7.83. The highest BCUT2D eigenvalue weighted by atomic mass is 15.3. The molecule has 57 heavy (non-hydrogen) atoms. The molecule has 0 fully saturated rings. The molecule has 12 rings (SSSR count). The second-order valence-electron chi connectivity index (χ2n) is 14.5. The van der Waals surface area contributed by atoms with Crippen molar-refractivity contribution < 1.29 is 0 Å². The minimum atomic E-state index is 0.556. The third-order valence-corrected chi connectivity index (χ3v) is 11.3. The molecule has 0 aliphatic rings. The summed E-state index contributed by atoms with van der Waals surface area (Å²) < 4.78 is 6.83. The largest absolute Gasteiger partial charge is 0.309 e. The first kappa shape index (κ1) is 31.5. The van der Waals surface area contributed by atoms with Crippen LogP contribution < -0.4 is 0 Å². The monoisotopic (exact) mass is 728 g/mol. The quantitative estimate of drug-likeness (QED) is 0.177. The number of para-hydroxylation sites is 4. The normalized spacial score (nSPS) is 11.9. The zero-order valence-corrected chi connectivity index (χ0v) is 30.7. The van der Waals surface area contributed by atoms with E-state index in [1.54, 1.807) is 0 Å². The van der Waals surface area contributed by atoms with Gasteiger partial charge >= 0.3 is 0 Å². The minimum absolute atomic E-state index is 0.556. The number of hydrogen-bond acceptors (Lipinski definition) is 3. The molecule has 0 amide bonds. The molecule has 266 valence electrons. The van der Waals surface area contributed by atoms with Crippen molar-refractivity contribution in [1.29, 1.82) is 0 Å². The number of fused-ring (bicyclic) bond motifs is 10. The SMILES string of the molecule is c1ccc(-c2cccc(-n3c4ccccc4c4ccc5c(c6ccccc6n5-c5nc(-c6ccccc6)nc(-n6c7ccccc7c7ccccc76)n5)c43)c2)cc1. The van der Waals surface area contributed by atoms with Crippen molar-refractivity contribution in [2.24, 2.45) is 0 Å². The van der Waals surface area contributed by atoms with Gasteiger partial charge in [-0.1, -0.05) is 152 Å². The van der Waals surface area contributed by atoms with Crippen molar-refractivity contribution in [1.82, 2.24) is 28.7 Å². The molecule has 0 unspecified atom stereocenters. The Balaban J connectivity index is 1.19. The molecule has 0 saturated heterocycles. The summed E-state index contributed by atoms with van der Waals surface area (Å²) >= 11 is 0. The van der Waals surface area contributed by atoms with Crippen LogP contribution in [0.3, 0.4) is 0 Å². The van der Waals surface area contributed by atoms with Gasteiger partial charge in [0.25, 0.3) is 0 Å². The average molecular weight is 729 g/mol. The predicted octanol–water partition coefficient (Wildman–Crippen LogP) is 12.5. The van der Waals surface area contributed by atoms with E-state index in [9.17, 15) is 0 Å². The molecule has 0 atom stereocenters. The molecular weight excluding hydrogens is 697 g/mol. The van der Waals surface area contributed by atoms with E-state index in [4.69, 9.17) is 15.0 Å². The van der Waals surface area contributed by atoms with Crippen LogP contribution in [0.4, 0.5) is 0 Å². The number of rotatable bonds is 5. The molecule has 0 bridgehead atoms. The van der Waals surface area contributed by atoms with E-state index in [1.165, 1.54) is 21.9 Å². The van der Waals surface area contributed by atoms with Gasteiger partial charge in [-0.05, 0) is 53.6 Å². The highest BCUT2D eigenvalue weighted by Crippen LogP contribution is 2.42. The van der Waals surface area contributed by atoms with E-state index >= 15 is 0 Å². The second kappa shape index (κ2) is 12.3. The lowest BCUT2D eigenvalue weighted by molar-refractivity contribution is 0.893. The molecule has 0 aliphatic carbocycles. The topological polar surface area (TPSA) is 53.5 Å². The lowest BCUT2D eigenvalue weighted by atomic mass is 10.0. The van der Waals surface area contributed by atoms with Crippen LogP contribution in [0.2, 0.25) is 0 Å². The number of benzene rings is 8. The van der Waals surface area contributed by atoms with Crippen LogP contribution in [-0.4, -0.2) is 28.7 Å². The van der Waals surface area contributed by atoms with Gasteiger partial charge in [0.1, 0.15) is 0 Å². The fourth-order valence-corrected chi connectivity index (χ4v) is 8.86. The maximum absolute atomic E-state index is 5.39. The van der Waals surface area contributed by atoms with Crippen LogP contribution in [0.5, 0.6) is 0 Å². The van der Waals surface area contributed by atoms with E-state index < -0.39 is 0 Å². The van der Waals surface area contributed by atoms with Crippen LogP contribution in [0, 0.1) is 0 Å². The molecule has 12 aromatic rings. The van der Waals surface area contributed by atoms with Gasteiger partial charge < -0.3 is 4.57 Å². The van der Waals surface area contributed by atoms with Gasteiger partial charge in [0.2, 0.25) is 11.9 Å². The number of nitrogens with zero attached hydrogens (tertiary/aromatic N) is 6. The zero-order valence-electron chi connectivity index (χ0n) is 30.7. The smallest absolute Gasteiger partial charge is 0.240 e. The Kier molecular flexibility index (Phi) is 6.83. The first-order valence-electron chi connectivity index (χ1n) is 19.2. The molecule has 0 N–H and O–H groups in total. The molecule has 6 nitrogen and oxygen atoms in total. The summed E-state index contributed by atoms with van der Waals surface area (Å²) in [4.78, 5) is 15.9. The molecule has 4 aromatic heterocycles. The van der Waals surface area contributed by atoms with Crippen molar-refractivity contribution >= 4 is 65.4 Å². The van der Waals surface area contributed by atoms with Crippen molar-refractivity contribution in [3.8, 4) is 40.1 Å². The van der Waals surface area contributed by atoms with Gasteiger partial charge in [-0.3, -0.25) is 9.13 Å². The molecule has 4 heterocycles. The first-order chi connectivity index (χ1) is 28.3. The van der Waals surface area contributed by atoms with Gasteiger partial charge in [-0.2, -0.15) is 15.0 Å². The molecular formula is C51H32N6. The minimum Gasteiger partial charge on any atom is -0.309 e. The van der Waals surface area contributed by atoms with E-state index in [1.807, 2.05) is 18.2 Å². The third-order valence-electron chi connectivity index (χ3n) is 11.3. The first-order valence-corrected chi connectivity index (χ1v) is 19.2. The Morgan fingerprint density at radius 3 is 1.40 bits per heavy atom. The Bertz CT molecular complexity index is 3470. The highest BCUT2D eigenvalue weighted by Gasteiger charge is 2.24. The Labute approximate surface area is 327 Å². The molecule has 8 aromatic carbocycles. The van der Waals surface area contributed by atoms with Gasteiger partial charge in [-0.25, -0.2) is 0 Å². The predicted molar refractivity (Wildman–Crippen MR) is 234 cm³/mol. The Morgan fingerprint density at radius 2 is 0.772 bits per heavy atom.